The molecule has 2 aromatic heterocycles. The van der Waals surface area contributed by atoms with E-state index >= 15 is 0 Å². The van der Waals surface area contributed by atoms with Crippen molar-refractivity contribution >= 4 is 24.7 Å². The first-order valence-corrected chi connectivity index (χ1v) is 12.7. The summed E-state index contributed by atoms with van der Waals surface area (Å²) in [5, 5.41) is 35.3. The highest BCUT2D eigenvalue weighted by Gasteiger charge is 2.54. The Kier molecular flexibility index (Phi) is 6.91. The smallest absolute Gasteiger partial charge is 0.512 e. The monoisotopic (exact) mass is 538 g/mol. The van der Waals surface area contributed by atoms with Crippen molar-refractivity contribution < 1.29 is 38.9 Å². The van der Waals surface area contributed by atoms with E-state index in [2.05, 4.69) is 10.4 Å². The molecule has 2 aliphatic carbocycles. The predicted molar refractivity (Wildman–Crippen MR) is 139 cm³/mol. The second kappa shape index (κ2) is 10.1. The van der Waals surface area contributed by atoms with Gasteiger partial charge in [0.15, 0.2) is 0 Å². The van der Waals surface area contributed by atoms with Gasteiger partial charge in [0.1, 0.15) is 23.9 Å². The summed E-state index contributed by atoms with van der Waals surface area (Å²) in [5.74, 6) is 0.0428. The number of benzene rings is 1. The topological polar surface area (TPSA) is 178 Å². The molecule has 6 N–H and O–H groups in total. The molecule has 2 saturated carbocycles. The highest BCUT2D eigenvalue weighted by atomic mass is 16.6. The van der Waals surface area contributed by atoms with Crippen LogP contribution < -0.4 is 25.2 Å². The summed E-state index contributed by atoms with van der Waals surface area (Å²) in [6.07, 6.45) is 6.20. The Morgan fingerprint density at radius 3 is 2.54 bits per heavy atom. The van der Waals surface area contributed by atoms with Crippen LogP contribution >= 0.6 is 0 Å². The summed E-state index contributed by atoms with van der Waals surface area (Å²) in [5.41, 5.74) is 5.85. The summed E-state index contributed by atoms with van der Waals surface area (Å²) in [6.45, 7) is 3.44. The number of aromatic nitrogens is 2. The highest BCUT2D eigenvalue weighted by molar-refractivity contribution is 6.33. The zero-order valence-electron chi connectivity index (χ0n) is 21.7. The number of hydrogen-bond donors (Lipinski definition) is 5. The molecule has 1 spiro atoms. The fourth-order valence-electron chi connectivity index (χ4n) is 5.34. The number of hydrogen-bond acceptors (Lipinski definition) is 9. The normalized spacial score (nSPS) is 22.1. The van der Waals surface area contributed by atoms with Gasteiger partial charge in [0.25, 0.3) is 11.8 Å². The number of rotatable bonds is 10. The minimum atomic E-state index is -2.00. The fraction of sp³-hybridized carbons (Fsp3) is 0.423. The SMILES string of the molecule is CC(C)(O)COc1ccc2c(C(=O)NC3CC4(C3)CC(Oc3cc(OB(O)O)ccc3C(N)=O)C4)cnn2c1. The molecule has 5 rings (SSSR count). The van der Waals surface area contributed by atoms with Gasteiger partial charge in [0, 0.05) is 12.1 Å². The molecule has 2 fully saturated rings. The Morgan fingerprint density at radius 2 is 1.87 bits per heavy atom. The largest absolute Gasteiger partial charge is 0.707 e. The van der Waals surface area contributed by atoms with E-state index in [1.54, 1.807) is 36.7 Å². The molecule has 2 aliphatic rings. The zero-order chi connectivity index (χ0) is 27.9. The number of pyridine rings is 1. The first-order chi connectivity index (χ1) is 18.4. The Bertz CT molecular complexity index is 1390. The summed E-state index contributed by atoms with van der Waals surface area (Å²) < 4.78 is 18.0. The van der Waals surface area contributed by atoms with Crippen LogP contribution in [0.1, 0.15) is 60.2 Å². The highest BCUT2D eigenvalue weighted by Crippen LogP contribution is 2.57. The molecular weight excluding hydrogens is 507 g/mol. The third-order valence-corrected chi connectivity index (χ3v) is 7.09. The van der Waals surface area contributed by atoms with Gasteiger partial charge in [-0.15, -0.1) is 0 Å². The molecule has 13 heteroatoms. The molecule has 0 bridgehead atoms. The van der Waals surface area contributed by atoms with Crippen LogP contribution in [0, 0.1) is 5.41 Å². The number of amides is 2. The number of nitrogens with one attached hydrogen (secondary N) is 1. The minimum Gasteiger partial charge on any atom is -0.512 e. The Morgan fingerprint density at radius 1 is 1.15 bits per heavy atom. The van der Waals surface area contributed by atoms with Crippen LogP contribution in [0.3, 0.4) is 0 Å². The number of nitrogens with two attached hydrogens (primary N) is 1. The average Bonchev–Trinajstić information content (AvgIpc) is 3.22. The first kappa shape index (κ1) is 26.8. The lowest BCUT2D eigenvalue weighted by Crippen LogP contribution is -2.58. The Labute approximate surface area is 224 Å². The van der Waals surface area contributed by atoms with Gasteiger partial charge < -0.3 is 40.3 Å². The number of aliphatic hydroxyl groups is 1. The molecule has 206 valence electrons. The van der Waals surface area contributed by atoms with Gasteiger partial charge in [-0.3, -0.25) is 9.59 Å². The van der Waals surface area contributed by atoms with Crippen molar-refractivity contribution in [2.45, 2.75) is 57.3 Å². The third-order valence-electron chi connectivity index (χ3n) is 7.09. The molecule has 12 nitrogen and oxygen atoms in total. The number of ether oxygens (including phenoxy) is 2. The number of carbonyl (C=O) groups is 2. The van der Waals surface area contributed by atoms with E-state index in [-0.39, 0.29) is 47.1 Å². The van der Waals surface area contributed by atoms with Gasteiger partial charge in [-0.25, -0.2) is 4.52 Å². The maximum Gasteiger partial charge on any atom is 0.707 e. The summed E-state index contributed by atoms with van der Waals surface area (Å²) in [4.78, 5) is 24.7. The lowest BCUT2D eigenvalue weighted by molar-refractivity contribution is -0.0834. The maximum absolute atomic E-state index is 13.0. The molecule has 0 unspecified atom stereocenters. The standard InChI is InChI=1S/C26H31BN4O8/c1-25(2,34)14-37-17-4-6-21-20(12-29-31(21)13-17)24(33)30-15-8-26(9-15)10-18(11-26)38-22-7-16(39-27(35)36)3-5-19(22)23(28)32/h3-7,12-13,15,18,34-36H,8-11,14H2,1-2H3,(H2,28,32)(H,30,33). The zero-order valence-corrected chi connectivity index (χ0v) is 21.7. The summed E-state index contributed by atoms with van der Waals surface area (Å²) >= 11 is 0. The number of nitrogens with zero attached hydrogens (tertiary/aromatic N) is 2. The van der Waals surface area contributed by atoms with Crippen molar-refractivity contribution in [3.05, 3.63) is 53.9 Å². The summed E-state index contributed by atoms with van der Waals surface area (Å²) in [6, 6.07) is 7.77. The van der Waals surface area contributed by atoms with E-state index in [1.165, 1.54) is 24.4 Å². The molecule has 0 radical (unpaired) electrons. The van der Waals surface area contributed by atoms with Crippen LogP contribution in [0.2, 0.25) is 0 Å². The molecule has 3 aromatic rings. The van der Waals surface area contributed by atoms with Crippen LogP contribution in [0.15, 0.2) is 42.7 Å². The van der Waals surface area contributed by atoms with Crippen LogP contribution in [0.25, 0.3) is 5.52 Å². The molecule has 2 heterocycles. The van der Waals surface area contributed by atoms with Crippen LogP contribution in [-0.2, 0) is 0 Å². The quantitative estimate of drug-likeness (QED) is 0.236. The second-order valence-corrected chi connectivity index (χ2v) is 11.0. The van der Waals surface area contributed by atoms with Crippen LogP contribution in [-0.4, -0.2) is 68.3 Å². The molecule has 0 aliphatic heterocycles. The number of primary amides is 1. The fourth-order valence-corrected chi connectivity index (χ4v) is 5.34. The number of carbonyl (C=O) groups excluding carboxylic acids is 2. The van der Waals surface area contributed by atoms with Crippen molar-refractivity contribution in [2.75, 3.05) is 6.61 Å². The average molecular weight is 538 g/mol. The Hall–Kier alpha value is -3.81. The first-order valence-electron chi connectivity index (χ1n) is 12.7. The van der Waals surface area contributed by atoms with Crippen molar-refractivity contribution in [1.29, 1.82) is 0 Å². The van der Waals surface area contributed by atoms with Gasteiger partial charge in [0.05, 0.1) is 40.7 Å². The van der Waals surface area contributed by atoms with Crippen LogP contribution in [0.4, 0.5) is 0 Å². The van der Waals surface area contributed by atoms with E-state index < -0.39 is 18.8 Å². The van der Waals surface area contributed by atoms with Gasteiger partial charge >= 0.3 is 7.32 Å². The van der Waals surface area contributed by atoms with Crippen molar-refractivity contribution in [2.24, 2.45) is 11.1 Å². The number of fused-ring (bicyclic) bond motifs is 1. The van der Waals surface area contributed by atoms with E-state index in [1.807, 2.05) is 0 Å². The third kappa shape index (κ3) is 5.95. The molecule has 2 amide bonds. The molecule has 0 saturated heterocycles. The van der Waals surface area contributed by atoms with Crippen molar-refractivity contribution in [1.82, 2.24) is 14.9 Å². The minimum absolute atomic E-state index is 0.0340. The van der Waals surface area contributed by atoms with Gasteiger partial charge in [0.2, 0.25) is 0 Å². The van der Waals surface area contributed by atoms with E-state index in [0.717, 1.165) is 25.7 Å². The molecule has 1 aromatic carbocycles. The van der Waals surface area contributed by atoms with E-state index in [0.29, 0.717) is 16.8 Å². The van der Waals surface area contributed by atoms with Gasteiger partial charge in [-0.1, -0.05) is 0 Å². The van der Waals surface area contributed by atoms with Crippen LogP contribution in [0.5, 0.6) is 17.2 Å². The van der Waals surface area contributed by atoms with Gasteiger partial charge in [-0.2, -0.15) is 5.10 Å². The molecular formula is C26H31BN4O8. The lowest BCUT2D eigenvalue weighted by atomic mass is 9.53. The van der Waals surface area contributed by atoms with Crippen molar-refractivity contribution in [3.8, 4) is 17.2 Å². The molecule has 39 heavy (non-hydrogen) atoms. The summed E-state index contributed by atoms with van der Waals surface area (Å²) in [7, 11) is -2.00. The van der Waals surface area contributed by atoms with E-state index in [9.17, 15) is 14.7 Å². The maximum atomic E-state index is 13.0. The van der Waals surface area contributed by atoms with Gasteiger partial charge in [-0.05, 0) is 69.2 Å². The lowest BCUT2D eigenvalue weighted by Gasteiger charge is -2.57. The van der Waals surface area contributed by atoms with Crippen molar-refractivity contribution in [3.63, 3.8) is 0 Å². The predicted octanol–water partition coefficient (Wildman–Crippen LogP) is 1.05. The molecule has 0 atom stereocenters. The second-order valence-electron chi connectivity index (χ2n) is 11.0. The Balaban J connectivity index is 1.14. The van der Waals surface area contributed by atoms with E-state index in [4.69, 9.17) is 29.9 Å².